The van der Waals surface area contributed by atoms with Gasteiger partial charge in [-0.15, -0.1) is 24.0 Å². The quantitative estimate of drug-likeness (QED) is 0.408. The Hall–Kier alpha value is -1.39. The smallest absolute Gasteiger partial charge is 0.194 e. The van der Waals surface area contributed by atoms with Crippen molar-refractivity contribution in [1.82, 2.24) is 24.7 Å². The lowest BCUT2D eigenvalue weighted by Crippen LogP contribution is -2.46. The number of para-hydroxylation sites is 2. The predicted octanol–water partition coefficient (Wildman–Crippen LogP) is 1.67. The summed E-state index contributed by atoms with van der Waals surface area (Å²) in [6, 6.07) is 8.85. The number of imidazole rings is 1. The minimum Gasteiger partial charge on any atom is -0.379 e. The Bertz CT molecular complexity index is 786. The van der Waals surface area contributed by atoms with Crippen molar-refractivity contribution in [2.24, 2.45) is 12.0 Å². The van der Waals surface area contributed by atoms with Crippen LogP contribution in [0.1, 0.15) is 12.2 Å². The number of fused-ring (bicyclic) bond motifs is 1. The van der Waals surface area contributed by atoms with E-state index in [2.05, 4.69) is 49.9 Å². The highest BCUT2D eigenvalue weighted by Gasteiger charge is 2.30. The zero-order valence-electron chi connectivity index (χ0n) is 16.1. The van der Waals surface area contributed by atoms with Crippen LogP contribution in [0.4, 0.5) is 0 Å². The third-order valence-corrected chi connectivity index (χ3v) is 5.52. The highest BCUT2D eigenvalue weighted by molar-refractivity contribution is 14.0. The van der Waals surface area contributed by atoms with Gasteiger partial charge in [-0.3, -0.25) is 9.89 Å². The number of hydrogen-bond acceptors (Lipinski definition) is 4. The Kier molecular flexibility index (Phi) is 6.93. The maximum Gasteiger partial charge on any atom is 0.194 e. The van der Waals surface area contributed by atoms with Crippen LogP contribution in [-0.2, 0) is 18.3 Å². The monoisotopic (exact) mass is 484 g/mol. The molecule has 2 saturated heterocycles. The van der Waals surface area contributed by atoms with Gasteiger partial charge in [0.05, 0.1) is 30.8 Å². The number of benzene rings is 1. The first-order valence-corrected chi connectivity index (χ1v) is 9.44. The number of halogens is 1. The molecule has 1 aromatic carbocycles. The van der Waals surface area contributed by atoms with Gasteiger partial charge in [0.25, 0.3) is 0 Å². The number of nitrogens with one attached hydrogen (secondary N) is 1. The average molecular weight is 484 g/mol. The number of rotatable bonds is 3. The van der Waals surface area contributed by atoms with E-state index in [1.165, 1.54) is 6.42 Å². The molecule has 27 heavy (non-hydrogen) atoms. The zero-order valence-corrected chi connectivity index (χ0v) is 18.4. The van der Waals surface area contributed by atoms with Crippen LogP contribution in [0.15, 0.2) is 29.3 Å². The molecule has 0 bridgehead atoms. The molecule has 3 heterocycles. The third-order valence-electron chi connectivity index (χ3n) is 5.52. The number of ether oxygens (including phenoxy) is 1. The Morgan fingerprint density at radius 1 is 1.26 bits per heavy atom. The molecule has 0 aliphatic carbocycles. The third kappa shape index (κ3) is 4.38. The lowest BCUT2D eigenvalue weighted by Gasteiger charge is -2.32. The van der Waals surface area contributed by atoms with E-state index < -0.39 is 0 Å². The van der Waals surface area contributed by atoms with Gasteiger partial charge in [-0.1, -0.05) is 12.1 Å². The summed E-state index contributed by atoms with van der Waals surface area (Å²) in [4.78, 5) is 14.2. The first kappa shape index (κ1) is 20.3. The molecule has 4 rings (SSSR count). The van der Waals surface area contributed by atoms with Gasteiger partial charge < -0.3 is 19.5 Å². The van der Waals surface area contributed by atoms with Crippen molar-refractivity contribution < 1.29 is 4.74 Å². The molecule has 1 unspecified atom stereocenters. The maximum absolute atomic E-state index is 5.48. The van der Waals surface area contributed by atoms with Gasteiger partial charge in [0.2, 0.25) is 0 Å². The lowest BCUT2D eigenvalue weighted by molar-refractivity contribution is 0.0195. The molecule has 1 atom stereocenters. The van der Waals surface area contributed by atoms with Crippen molar-refractivity contribution >= 4 is 41.0 Å². The van der Waals surface area contributed by atoms with E-state index in [9.17, 15) is 0 Å². The van der Waals surface area contributed by atoms with Crippen LogP contribution >= 0.6 is 24.0 Å². The summed E-state index contributed by atoms with van der Waals surface area (Å²) < 4.78 is 7.63. The van der Waals surface area contributed by atoms with Gasteiger partial charge in [-0.2, -0.15) is 0 Å². The van der Waals surface area contributed by atoms with E-state index in [1.54, 1.807) is 0 Å². The first-order valence-electron chi connectivity index (χ1n) is 9.44. The van der Waals surface area contributed by atoms with Crippen LogP contribution in [0.5, 0.6) is 0 Å². The molecular formula is C19H29IN6O. The number of guanidine groups is 1. The summed E-state index contributed by atoms with van der Waals surface area (Å²) in [5, 5.41) is 3.50. The fourth-order valence-electron chi connectivity index (χ4n) is 4.02. The molecule has 2 fully saturated rings. The van der Waals surface area contributed by atoms with Crippen LogP contribution in [0.2, 0.25) is 0 Å². The number of aryl methyl sites for hydroxylation is 1. The molecule has 0 radical (unpaired) electrons. The van der Waals surface area contributed by atoms with Crippen LogP contribution < -0.4 is 5.32 Å². The molecule has 2 aliphatic heterocycles. The van der Waals surface area contributed by atoms with E-state index >= 15 is 0 Å². The minimum absolute atomic E-state index is 0. The Morgan fingerprint density at radius 3 is 2.78 bits per heavy atom. The van der Waals surface area contributed by atoms with E-state index in [4.69, 9.17) is 9.72 Å². The largest absolute Gasteiger partial charge is 0.379 e. The van der Waals surface area contributed by atoms with Crippen molar-refractivity contribution in [2.45, 2.75) is 19.0 Å². The molecule has 148 valence electrons. The molecule has 0 spiro atoms. The number of aliphatic imine (C=N–C) groups is 1. The number of nitrogens with zero attached hydrogens (tertiary/aromatic N) is 5. The highest BCUT2D eigenvalue weighted by atomic mass is 127. The predicted molar refractivity (Wildman–Crippen MR) is 119 cm³/mol. The second-order valence-electron chi connectivity index (χ2n) is 7.01. The molecular weight excluding hydrogens is 455 g/mol. The van der Waals surface area contributed by atoms with Gasteiger partial charge in [0.1, 0.15) is 5.82 Å². The molecule has 2 aliphatic rings. The van der Waals surface area contributed by atoms with Gasteiger partial charge in [-0.25, -0.2) is 4.98 Å². The Balaban J connectivity index is 0.00000210. The Labute approximate surface area is 177 Å². The molecule has 0 saturated carbocycles. The summed E-state index contributed by atoms with van der Waals surface area (Å²) in [5.41, 5.74) is 2.20. The topological polar surface area (TPSA) is 57.9 Å². The van der Waals surface area contributed by atoms with Crippen LogP contribution in [-0.4, -0.2) is 77.8 Å². The first-order chi connectivity index (χ1) is 12.8. The molecule has 7 nitrogen and oxygen atoms in total. The number of aromatic nitrogens is 2. The average Bonchev–Trinajstić information content (AvgIpc) is 3.29. The SMILES string of the molecule is CN=C(NCc1nc2ccccc2n1C)N1CCC(N2CCOCC2)C1.I. The van der Waals surface area contributed by atoms with Crippen molar-refractivity contribution in [1.29, 1.82) is 0 Å². The fourth-order valence-corrected chi connectivity index (χ4v) is 4.02. The fraction of sp³-hybridized carbons (Fsp3) is 0.579. The van der Waals surface area contributed by atoms with Gasteiger partial charge in [0, 0.05) is 46.3 Å². The van der Waals surface area contributed by atoms with E-state index in [-0.39, 0.29) is 24.0 Å². The van der Waals surface area contributed by atoms with Crippen LogP contribution in [0.25, 0.3) is 11.0 Å². The maximum atomic E-state index is 5.48. The van der Waals surface area contributed by atoms with Crippen molar-refractivity contribution in [2.75, 3.05) is 46.4 Å². The van der Waals surface area contributed by atoms with Crippen molar-refractivity contribution in [3.63, 3.8) is 0 Å². The second kappa shape index (κ2) is 9.20. The molecule has 1 N–H and O–H groups in total. The second-order valence-corrected chi connectivity index (χ2v) is 7.01. The number of likely N-dealkylation sites (tertiary alicyclic amines) is 1. The molecule has 0 amide bonds. The van der Waals surface area contributed by atoms with Crippen LogP contribution in [0, 0.1) is 0 Å². The van der Waals surface area contributed by atoms with Gasteiger partial charge in [-0.05, 0) is 18.6 Å². The number of morpholine rings is 1. The minimum atomic E-state index is 0. The summed E-state index contributed by atoms with van der Waals surface area (Å²) in [5.74, 6) is 1.99. The van der Waals surface area contributed by atoms with E-state index in [0.29, 0.717) is 12.6 Å². The zero-order chi connectivity index (χ0) is 17.9. The van der Waals surface area contributed by atoms with Gasteiger partial charge in [0.15, 0.2) is 5.96 Å². The van der Waals surface area contributed by atoms with E-state index in [0.717, 1.165) is 62.2 Å². The molecule has 8 heteroatoms. The summed E-state index contributed by atoms with van der Waals surface area (Å²) in [6.07, 6.45) is 1.19. The lowest BCUT2D eigenvalue weighted by atomic mass is 10.2. The summed E-state index contributed by atoms with van der Waals surface area (Å²) in [6.45, 7) is 6.56. The molecule has 1 aromatic heterocycles. The summed E-state index contributed by atoms with van der Waals surface area (Å²) >= 11 is 0. The van der Waals surface area contributed by atoms with Crippen molar-refractivity contribution in [3.05, 3.63) is 30.1 Å². The van der Waals surface area contributed by atoms with Crippen molar-refractivity contribution in [3.8, 4) is 0 Å². The van der Waals surface area contributed by atoms with Crippen LogP contribution in [0.3, 0.4) is 0 Å². The normalized spacial score (nSPS) is 21.5. The molecule has 2 aromatic rings. The number of hydrogen-bond donors (Lipinski definition) is 1. The Morgan fingerprint density at radius 2 is 2.04 bits per heavy atom. The van der Waals surface area contributed by atoms with E-state index in [1.807, 2.05) is 13.1 Å². The highest BCUT2D eigenvalue weighted by Crippen LogP contribution is 2.18. The standard InChI is InChI=1S/C19H28N6O.HI/c1-20-19(25-8-7-15(14-25)24-9-11-26-12-10-24)21-13-18-22-16-5-3-4-6-17(16)23(18)2;/h3-6,15H,7-14H2,1-2H3,(H,20,21);1H. The van der Waals surface area contributed by atoms with Gasteiger partial charge >= 0.3 is 0 Å². The summed E-state index contributed by atoms with van der Waals surface area (Å²) in [7, 11) is 3.93.